The zero-order chi connectivity index (χ0) is 21.3. The lowest BCUT2D eigenvalue weighted by Crippen LogP contribution is -2.56. The zero-order valence-electron chi connectivity index (χ0n) is 18.3. The van der Waals surface area contributed by atoms with E-state index in [0.717, 1.165) is 37.6 Å². The van der Waals surface area contributed by atoms with Crippen molar-refractivity contribution >= 4 is 11.9 Å². The van der Waals surface area contributed by atoms with Crippen LogP contribution in [0.15, 0.2) is 29.3 Å². The Bertz CT molecular complexity index is 667. The van der Waals surface area contributed by atoms with Gasteiger partial charge in [0, 0.05) is 39.3 Å². The van der Waals surface area contributed by atoms with Crippen molar-refractivity contribution in [1.82, 2.24) is 20.4 Å². The maximum atomic E-state index is 12.0. The van der Waals surface area contributed by atoms with Crippen molar-refractivity contribution in [1.29, 1.82) is 0 Å². The number of nitrogens with one attached hydrogen (secondary N) is 2. The van der Waals surface area contributed by atoms with Crippen LogP contribution in [-0.2, 0) is 16.1 Å². The van der Waals surface area contributed by atoms with Crippen LogP contribution < -0.4 is 15.4 Å². The van der Waals surface area contributed by atoms with E-state index in [1.807, 2.05) is 24.3 Å². The number of ether oxygens (including phenoxy) is 2. The lowest BCUT2D eigenvalue weighted by atomic mass is 10.0. The number of amides is 1. The molecular weight excluding hydrogens is 370 g/mol. The number of guanidine groups is 1. The first-order valence-electron chi connectivity index (χ1n) is 10.00. The van der Waals surface area contributed by atoms with E-state index < -0.39 is 0 Å². The Balaban J connectivity index is 2.01. The molecule has 2 N–H and O–H groups in total. The van der Waals surface area contributed by atoms with Crippen LogP contribution in [0.3, 0.4) is 0 Å². The molecule has 0 aliphatic carbocycles. The highest BCUT2D eigenvalue weighted by molar-refractivity contribution is 5.86. The number of benzene rings is 1. The lowest BCUT2D eigenvalue weighted by Gasteiger charge is -2.41. The molecule has 1 aliphatic heterocycles. The second kappa shape index (κ2) is 11.0. The topological polar surface area (TPSA) is 78.4 Å². The van der Waals surface area contributed by atoms with Crippen molar-refractivity contribution in [2.24, 2.45) is 4.99 Å². The molecule has 1 aliphatic rings. The number of carbonyl (C=O) groups is 1. The molecular formula is C21H35N5O3. The van der Waals surface area contributed by atoms with Gasteiger partial charge < -0.3 is 25.0 Å². The van der Waals surface area contributed by atoms with Gasteiger partial charge >= 0.3 is 0 Å². The fraction of sp³-hybridized carbons (Fsp3) is 0.619. The van der Waals surface area contributed by atoms with Crippen LogP contribution in [0.4, 0.5) is 0 Å². The van der Waals surface area contributed by atoms with Crippen LogP contribution in [0.1, 0.15) is 19.4 Å². The summed E-state index contributed by atoms with van der Waals surface area (Å²) in [6.07, 6.45) is 0. The molecule has 0 atom stereocenters. The van der Waals surface area contributed by atoms with Crippen LogP contribution in [0, 0.1) is 0 Å². The van der Waals surface area contributed by atoms with Gasteiger partial charge in [-0.25, -0.2) is 4.99 Å². The van der Waals surface area contributed by atoms with E-state index >= 15 is 0 Å². The Hall–Kier alpha value is -2.32. The normalized spacial score (nSPS) is 15.7. The molecule has 1 aromatic rings. The van der Waals surface area contributed by atoms with E-state index in [0.29, 0.717) is 19.0 Å². The van der Waals surface area contributed by atoms with Gasteiger partial charge in [0.05, 0.1) is 33.4 Å². The zero-order valence-corrected chi connectivity index (χ0v) is 18.3. The van der Waals surface area contributed by atoms with E-state index in [1.54, 1.807) is 26.1 Å². The maximum absolute atomic E-state index is 12.0. The molecule has 0 aromatic heterocycles. The first kappa shape index (κ1) is 23.0. The summed E-state index contributed by atoms with van der Waals surface area (Å²) in [5, 5.41) is 6.55. The fourth-order valence-corrected chi connectivity index (χ4v) is 2.97. The highest BCUT2D eigenvalue weighted by Crippen LogP contribution is 2.15. The van der Waals surface area contributed by atoms with Crippen LogP contribution in [-0.4, -0.2) is 87.8 Å². The molecule has 1 fully saturated rings. The summed E-state index contributed by atoms with van der Waals surface area (Å²) in [6.45, 7) is 9.17. The van der Waals surface area contributed by atoms with Crippen molar-refractivity contribution in [2.45, 2.75) is 25.9 Å². The summed E-state index contributed by atoms with van der Waals surface area (Å²) >= 11 is 0. The van der Waals surface area contributed by atoms with Gasteiger partial charge in [-0.2, -0.15) is 0 Å². The number of hydrogen-bond acceptors (Lipinski definition) is 5. The molecule has 29 heavy (non-hydrogen) atoms. The van der Waals surface area contributed by atoms with Gasteiger partial charge in [0.1, 0.15) is 5.75 Å². The maximum Gasteiger partial charge on any atom is 0.241 e. The van der Waals surface area contributed by atoms with Gasteiger partial charge in [-0.05, 0) is 31.5 Å². The molecule has 0 unspecified atom stereocenters. The summed E-state index contributed by atoms with van der Waals surface area (Å²) in [4.78, 5) is 20.6. The Labute approximate surface area is 174 Å². The summed E-state index contributed by atoms with van der Waals surface area (Å²) in [5.74, 6) is 1.44. The minimum absolute atomic E-state index is 0.00335. The Morgan fingerprint density at radius 2 is 1.86 bits per heavy atom. The highest BCUT2D eigenvalue weighted by atomic mass is 16.5. The summed E-state index contributed by atoms with van der Waals surface area (Å²) in [7, 11) is 5.14. The molecule has 0 bridgehead atoms. The van der Waals surface area contributed by atoms with Crippen LogP contribution >= 0.6 is 0 Å². The van der Waals surface area contributed by atoms with Gasteiger partial charge in [-0.1, -0.05) is 12.1 Å². The van der Waals surface area contributed by atoms with Crippen molar-refractivity contribution in [3.8, 4) is 5.75 Å². The van der Waals surface area contributed by atoms with E-state index in [-0.39, 0.29) is 18.0 Å². The second-order valence-corrected chi connectivity index (χ2v) is 7.92. The van der Waals surface area contributed by atoms with Crippen molar-refractivity contribution in [3.05, 3.63) is 29.8 Å². The molecule has 1 heterocycles. The van der Waals surface area contributed by atoms with Gasteiger partial charge in [0.25, 0.3) is 0 Å². The third kappa shape index (κ3) is 7.55. The number of nitrogens with zero attached hydrogens (tertiary/aromatic N) is 3. The average Bonchev–Trinajstić information content (AvgIpc) is 2.73. The summed E-state index contributed by atoms with van der Waals surface area (Å²) in [6, 6.07) is 7.82. The standard InChI is InChI=1S/C21H35N5O3/c1-21(2,26-10-12-29-13-11-26)16-24-20(23-15-19(27)25(3)4)22-14-17-6-8-18(28-5)9-7-17/h6-9H,10-16H2,1-5H3,(H2,22,23,24). The molecule has 162 valence electrons. The predicted octanol–water partition coefficient (Wildman–Crippen LogP) is 0.929. The molecule has 0 radical (unpaired) electrons. The van der Waals surface area contributed by atoms with Gasteiger partial charge in [-0.3, -0.25) is 9.69 Å². The number of likely N-dealkylation sites (N-methyl/N-ethyl adjacent to an activating group) is 1. The lowest BCUT2D eigenvalue weighted by molar-refractivity contribution is -0.127. The molecule has 1 aromatic carbocycles. The van der Waals surface area contributed by atoms with Gasteiger partial charge in [0.2, 0.25) is 5.91 Å². The minimum atomic E-state index is -0.0576. The molecule has 2 rings (SSSR count). The molecule has 1 amide bonds. The molecule has 0 saturated carbocycles. The SMILES string of the molecule is COc1ccc(CN=C(NCC(=O)N(C)C)NCC(C)(C)N2CCOCC2)cc1. The molecule has 0 spiro atoms. The van der Waals surface area contributed by atoms with Crippen molar-refractivity contribution < 1.29 is 14.3 Å². The highest BCUT2D eigenvalue weighted by Gasteiger charge is 2.28. The Kier molecular flexibility index (Phi) is 8.72. The number of rotatable bonds is 8. The molecule has 8 heteroatoms. The number of carbonyl (C=O) groups excluding carboxylic acids is 1. The number of morpholine rings is 1. The number of aliphatic imine (C=N–C) groups is 1. The monoisotopic (exact) mass is 405 g/mol. The first-order chi connectivity index (χ1) is 13.8. The van der Waals surface area contributed by atoms with Gasteiger partial charge in [0.15, 0.2) is 5.96 Å². The van der Waals surface area contributed by atoms with E-state index in [9.17, 15) is 4.79 Å². The third-order valence-electron chi connectivity index (χ3n) is 5.04. The summed E-state index contributed by atoms with van der Waals surface area (Å²) < 4.78 is 10.7. The van der Waals surface area contributed by atoms with Gasteiger partial charge in [-0.15, -0.1) is 0 Å². The molecule has 1 saturated heterocycles. The fourth-order valence-electron chi connectivity index (χ4n) is 2.97. The Morgan fingerprint density at radius 3 is 2.45 bits per heavy atom. The van der Waals surface area contributed by atoms with Crippen LogP contribution in [0.25, 0.3) is 0 Å². The van der Waals surface area contributed by atoms with E-state index in [2.05, 4.69) is 34.4 Å². The van der Waals surface area contributed by atoms with E-state index in [1.165, 1.54) is 0 Å². The quantitative estimate of drug-likeness (QED) is 0.495. The number of hydrogen-bond donors (Lipinski definition) is 2. The molecule has 8 nitrogen and oxygen atoms in total. The smallest absolute Gasteiger partial charge is 0.241 e. The third-order valence-corrected chi connectivity index (χ3v) is 5.04. The van der Waals surface area contributed by atoms with Crippen LogP contribution in [0.2, 0.25) is 0 Å². The summed E-state index contributed by atoms with van der Waals surface area (Å²) in [5.41, 5.74) is 1.01. The Morgan fingerprint density at radius 1 is 1.21 bits per heavy atom. The average molecular weight is 406 g/mol. The van der Waals surface area contributed by atoms with Crippen molar-refractivity contribution in [3.63, 3.8) is 0 Å². The first-order valence-corrected chi connectivity index (χ1v) is 10.00. The van der Waals surface area contributed by atoms with E-state index in [4.69, 9.17) is 9.47 Å². The number of methoxy groups -OCH3 is 1. The minimum Gasteiger partial charge on any atom is -0.497 e. The van der Waals surface area contributed by atoms with Crippen molar-refractivity contribution in [2.75, 3.05) is 60.6 Å². The second-order valence-electron chi connectivity index (χ2n) is 7.92. The van der Waals surface area contributed by atoms with Crippen LogP contribution in [0.5, 0.6) is 5.75 Å². The largest absolute Gasteiger partial charge is 0.497 e. The predicted molar refractivity (Wildman–Crippen MR) is 115 cm³/mol.